The minimum absolute atomic E-state index is 0.0701. The Bertz CT molecular complexity index is 1070. The summed E-state index contributed by atoms with van der Waals surface area (Å²) in [6, 6.07) is 13.3. The molecule has 33 heavy (non-hydrogen) atoms. The van der Waals surface area contributed by atoms with Crippen LogP contribution in [0, 0.1) is 0 Å². The smallest absolute Gasteiger partial charge is 0.244 e. The minimum Gasteiger partial charge on any atom is -0.355 e. The van der Waals surface area contributed by atoms with Gasteiger partial charge in [-0.1, -0.05) is 55.8 Å². The summed E-state index contributed by atoms with van der Waals surface area (Å²) in [6.45, 7) is 7.53. The zero-order valence-electron chi connectivity index (χ0n) is 19.7. The predicted molar refractivity (Wildman–Crippen MR) is 133 cm³/mol. The second kappa shape index (κ2) is 11.5. The molecule has 0 aliphatic heterocycles. The van der Waals surface area contributed by atoms with E-state index in [-0.39, 0.29) is 18.4 Å². The van der Waals surface area contributed by atoms with Crippen LogP contribution >= 0.6 is 11.6 Å². The Kier molecular flexibility index (Phi) is 9.31. The van der Waals surface area contributed by atoms with E-state index in [1.54, 1.807) is 50.2 Å². The average molecular weight is 494 g/mol. The van der Waals surface area contributed by atoms with Crippen LogP contribution in [-0.4, -0.2) is 50.5 Å². The molecule has 0 aromatic heterocycles. The fourth-order valence-corrected chi connectivity index (χ4v) is 4.40. The lowest BCUT2D eigenvalue weighted by Crippen LogP contribution is -2.51. The van der Waals surface area contributed by atoms with Crippen LogP contribution in [0.15, 0.2) is 48.5 Å². The van der Waals surface area contributed by atoms with E-state index in [0.717, 1.165) is 16.1 Å². The van der Waals surface area contributed by atoms with Gasteiger partial charge in [0, 0.05) is 18.1 Å². The van der Waals surface area contributed by atoms with Crippen molar-refractivity contribution in [2.24, 2.45) is 0 Å². The molecule has 0 saturated heterocycles. The molecule has 2 rings (SSSR count). The number of anilines is 1. The van der Waals surface area contributed by atoms with Gasteiger partial charge < -0.3 is 10.2 Å². The number of amides is 2. The Labute approximate surface area is 201 Å². The fourth-order valence-electron chi connectivity index (χ4n) is 3.35. The van der Waals surface area contributed by atoms with Crippen molar-refractivity contribution in [1.82, 2.24) is 10.2 Å². The van der Waals surface area contributed by atoms with Crippen LogP contribution in [0.3, 0.4) is 0 Å². The van der Waals surface area contributed by atoms with Crippen LogP contribution in [0.4, 0.5) is 5.69 Å². The lowest BCUT2D eigenvalue weighted by molar-refractivity contribution is -0.139. The Morgan fingerprint density at radius 3 is 2.15 bits per heavy atom. The van der Waals surface area contributed by atoms with Gasteiger partial charge in [-0.3, -0.25) is 13.9 Å². The number of benzene rings is 2. The van der Waals surface area contributed by atoms with Crippen molar-refractivity contribution in [2.75, 3.05) is 23.7 Å². The first-order chi connectivity index (χ1) is 15.5. The average Bonchev–Trinajstić information content (AvgIpc) is 2.75. The second-order valence-corrected chi connectivity index (χ2v) is 10.5. The van der Waals surface area contributed by atoms with Gasteiger partial charge in [0.25, 0.3) is 0 Å². The number of carbonyl (C=O) groups excluding carboxylic acids is 2. The molecule has 0 spiro atoms. The highest BCUT2D eigenvalue weighted by Crippen LogP contribution is 2.23. The molecule has 1 atom stereocenters. The van der Waals surface area contributed by atoms with Crippen molar-refractivity contribution in [3.8, 4) is 0 Å². The summed E-state index contributed by atoms with van der Waals surface area (Å²) >= 11 is 6.29. The molecule has 180 valence electrons. The van der Waals surface area contributed by atoms with E-state index in [1.807, 2.05) is 26.0 Å². The van der Waals surface area contributed by atoms with Crippen LogP contribution in [-0.2, 0) is 26.2 Å². The molecular weight excluding hydrogens is 462 g/mol. The van der Waals surface area contributed by atoms with Gasteiger partial charge in [-0.05, 0) is 49.1 Å². The molecule has 2 aromatic carbocycles. The minimum atomic E-state index is -3.76. The number of nitrogens with one attached hydrogen (secondary N) is 1. The summed E-state index contributed by atoms with van der Waals surface area (Å²) in [5.41, 5.74) is 2.11. The molecule has 0 aliphatic rings. The first kappa shape index (κ1) is 26.7. The second-order valence-electron chi connectivity index (χ2n) is 8.20. The van der Waals surface area contributed by atoms with Gasteiger partial charge in [-0.25, -0.2) is 8.42 Å². The Morgan fingerprint density at radius 2 is 1.64 bits per heavy atom. The Morgan fingerprint density at radius 1 is 1.03 bits per heavy atom. The third-order valence-electron chi connectivity index (χ3n) is 5.34. The lowest BCUT2D eigenvalue weighted by Gasteiger charge is -2.31. The summed E-state index contributed by atoms with van der Waals surface area (Å²) in [4.78, 5) is 27.3. The van der Waals surface area contributed by atoms with E-state index in [4.69, 9.17) is 11.6 Å². The van der Waals surface area contributed by atoms with E-state index >= 15 is 0 Å². The fraction of sp³-hybridized carbons (Fsp3) is 0.417. The highest BCUT2D eigenvalue weighted by atomic mass is 35.5. The molecule has 0 bridgehead atoms. The van der Waals surface area contributed by atoms with E-state index in [0.29, 0.717) is 22.8 Å². The number of sulfonamides is 1. The van der Waals surface area contributed by atoms with Gasteiger partial charge in [0.2, 0.25) is 21.8 Å². The van der Waals surface area contributed by atoms with E-state index in [1.165, 1.54) is 4.90 Å². The Hall–Kier alpha value is -2.58. The monoisotopic (exact) mass is 493 g/mol. The van der Waals surface area contributed by atoms with Gasteiger partial charge in [0.1, 0.15) is 12.6 Å². The molecule has 0 unspecified atom stereocenters. The van der Waals surface area contributed by atoms with Crippen molar-refractivity contribution in [2.45, 2.75) is 46.2 Å². The van der Waals surface area contributed by atoms with Crippen molar-refractivity contribution < 1.29 is 18.0 Å². The van der Waals surface area contributed by atoms with Crippen LogP contribution in [0.5, 0.6) is 0 Å². The zero-order valence-corrected chi connectivity index (χ0v) is 21.3. The molecule has 2 amide bonds. The van der Waals surface area contributed by atoms with Crippen molar-refractivity contribution in [3.63, 3.8) is 0 Å². The standard InChI is InChI=1S/C24H32ClN3O4S/c1-6-26-24(30)18(4)27(15-20-9-7-8-10-22(20)25)23(29)16-28(33(5,31)32)21-13-11-19(12-14-21)17(2)3/h7-14,17-18H,6,15-16H2,1-5H3,(H,26,30)/t18-/m0/s1. The number of likely N-dealkylation sites (N-methyl/N-ethyl adjacent to an activating group) is 1. The summed E-state index contributed by atoms with van der Waals surface area (Å²) in [5.74, 6) is -0.548. The van der Waals surface area contributed by atoms with Gasteiger partial charge in [0.05, 0.1) is 11.9 Å². The maximum atomic E-state index is 13.4. The molecular formula is C24H32ClN3O4S. The first-order valence-corrected chi connectivity index (χ1v) is 13.1. The summed E-state index contributed by atoms with van der Waals surface area (Å²) in [6.07, 6.45) is 1.06. The quantitative estimate of drug-likeness (QED) is 0.545. The van der Waals surface area contributed by atoms with Crippen LogP contribution in [0.1, 0.15) is 44.7 Å². The number of rotatable bonds is 10. The van der Waals surface area contributed by atoms with Crippen LogP contribution < -0.4 is 9.62 Å². The highest BCUT2D eigenvalue weighted by Gasteiger charge is 2.30. The van der Waals surface area contributed by atoms with Gasteiger partial charge >= 0.3 is 0 Å². The summed E-state index contributed by atoms with van der Waals surface area (Å²) in [7, 11) is -3.76. The largest absolute Gasteiger partial charge is 0.355 e. The number of carbonyl (C=O) groups is 2. The predicted octanol–water partition coefficient (Wildman–Crippen LogP) is 3.78. The van der Waals surface area contributed by atoms with Crippen molar-refractivity contribution in [3.05, 3.63) is 64.7 Å². The van der Waals surface area contributed by atoms with Gasteiger partial charge in [-0.2, -0.15) is 0 Å². The normalized spacial score (nSPS) is 12.3. The number of hydrogen-bond donors (Lipinski definition) is 1. The Balaban J connectivity index is 2.39. The number of halogens is 1. The topological polar surface area (TPSA) is 86.8 Å². The van der Waals surface area contributed by atoms with Gasteiger partial charge in [-0.15, -0.1) is 0 Å². The zero-order chi connectivity index (χ0) is 24.8. The SMILES string of the molecule is CCNC(=O)[C@H](C)N(Cc1ccccc1Cl)C(=O)CN(c1ccc(C(C)C)cc1)S(C)(=O)=O. The van der Waals surface area contributed by atoms with Crippen LogP contribution in [0.2, 0.25) is 5.02 Å². The summed E-state index contributed by atoms with van der Waals surface area (Å²) < 4.78 is 26.2. The summed E-state index contributed by atoms with van der Waals surface area (Å²) in [5, 5.41) is 3.18. The van der Waals surface area contributed by atoms with E-state index in [2.05, 4.69) is 5.32 Å². The maximum absolute atomic E-state index is 13.4. The van der Waals surface area contributed by atoms with Crippen LogP contribution in [0.25, 0.3) is 0 Å². The molecule has 2 aromatic rings. The molecule has 0 fully saturated rings. The van der Waals surface area contributed by atoms with Crippen molar-refractivity contribution >= 4 is 39.1 Å². The number of hydrogen-bond acceptors (Lipinski definition) is 4. The molecule has 1 N–H and O–H groups in total. The third-order valence-corrected chi connectivity index (χ3v) is 6.85. The molecule has 7 nitrogen and oxygen atoms in total. The first-order valence-electron chi connectivity index (χ1n) is 10.8. The molecule has 9 heteroatoms. The van der Waals surface area contributed by atoms with E-state index in [9.17, 15) is 18.0 Å². The van der Waals surface area contributed by atoms with Gasteiger partial charge in [0.15, 0.2) is 0 Å². The molecule has 0 heterocycles. The third kappa shape index (κ3) is 7.20. The maximum Gasteiger partial charge on any atom is 0.244 e. The molecule has 0 saturated carbocycles. The van der Waals surface area contributed by atoms with E-state index < -0.39 is 28.5 Å². The molecule has 0 aliphatic carbocycles. The highest BCUT2D eigenvalue weighted by molar-refractivity contribution is 7.92. The number of nitrogens with zero attached hydrogens (tertiary/aromatic N) is 2. The van der Waals surface area contributed by atoms with Crippen molar-refractivity contribution in [1.29, 1.82) is 0 Å². The lowest BCUT2D eigenvalue weighted by atomic mass is 10.0. The molecule has 0 radical (unpaired) electrons.